The first-order chi connectivity index (χ1) is 9.15. The summed E-state index contributed by atoms with van der Waals surface area (Å²) in [4.78, 5) is 8.80. The van der Waals surface area contributed by atoms with Crippen LogP contribution in [0.15, 0.2) is 12.3 Å². The van der Waals surface area contributed by atoms with E-state index in [0.29, 0.717) is 25.7 Å². The van der Waals surface area contributed by atoms with Gasteiger partial charge in [-0.15, -0.1) is 0 Å². The second-order valence-corrected chi connectivity index (χ2v) is 5.05. The number of ether oxygens (including phenoxy) is 2. The van der Waals surface area contributed by atoms with Gasteiger partial charge in [0.2, 0.25) is 5.95 Å². The molecule has 0 spiro atoms. The van der Waals surface area contributed by atoms with E-state index in [1.165, 1.54) is 0 Å². The van der Waals surface area contributed by atoms with E-state index in [0.717, 1.165) is 23.1 Å². The van der Waals surface area contributed by atoms with Crippen molar-refractivity contribution in [2.75, 3.05) is 26.1 Å². The molecule has 3 rings (SSSR count). The van der Waals surface area contributed by atoms with Crippen molar-refractivity contribution >= 4 is 17.1 Å². The lowest BCUT2D eigenvalue weighted by molar-refractivity contribution is -0.0284. The largest absolute Gasteiger partial charge is 0.378 e. The summed E-state index contributed by atoms with van der Waals surface area (Å²) in [6, 6.07) is 1.93. The van der Waals surface area contributed by atoms with Crippen molar-refractivity contribution in [3.8, 4) is 0 Å². The summed E-state index contributed by atoms with van der Waals surface area (Å²) in [5.41, 5.74) is 8.44. The molecule has 3 heterocycles. The number of hydrogen-bond donors (Lipinski definition) is 1. The number of fused-ring (bicyclic) bond motifs is 1. The highest BCUT2D eigenvalue weighted by molar-refractivity contribution is 5.77. The summed E-state index contributed by atoms with van der Waals surface area (Å²) in [5, 5.41) is 0. The van der Waals surface area contributed by atoms with Crippen LogP contribution in [-0.2, 0) is 16.0 Å². The van der Waals surface area contributed by atoms with Gasteiger partial charge in [0, 0.05) is 26.3 Å². The molecule has 1 aliphatic rings. The van der Waals surface area contributed by atoms with Crippen molar-refractivity contribution in [3.63, 3.8) is 0 Å². The molecule has 0 amide bonds. The molecule has 19 heavy (non-hydrogen) atoms. The second kappa shape index (κ2) is 4.47. The minimum absolute atomic E-state index is 0.326. The first-order valence-electron chi connectivity index (χ1n) is 6.35. The Morgan fingerprint density at radius 3 is 3.11 bits per heavy atom. The van der Waals surface area contributed by atoms with Gasteiger partial charge in [-0.2, -0.15) is 0 Å². The molecule has 2 aromatic rings. The van der Waals surface area contributed by atoms with Gasteiger partial charge in [-0.3, -0.25) is 4.57 Å². The van der Waals surface area contributed by atoms with Crippen LogP contribution in [0.3, 0.4) is 0 Å². The highest BCUT2D eigenvalue weighted by atomic mass is 16.5. The predicted molar refractivity (Wildman–Crippen MR) is 71.9 cm³/mol. The summed E-state index contributed by atoms with van der Waals surface area (Å²) >= 11 is 0. The molecule has 1 unspecified atom stereocenters. The van der Waals surface area contributed by atoms with Crippen LogP contribution in [0.1, 0.15) is 12.0 Å². The van der Waals surface area contributed by atoms with Gasteiger partial charge in [-0.1, -0.05) is 0 Å². The van der Waals surface area contributed by atoms with Gasteiger partial charge in [0.25, 0.3) is 0 Å². The molecule has 0 aliphatic carbocycles. The normalized spacial score (nSPS) is 23.3. The van der Waals surface area contributed by atoms with E-state index >= 15 is 0 Å². The van der Waals surface area contributed by atoms with Gasteiger partial charge in [-0.05, 0) is 18.6 Å². The number of hydrogen-bond acceptors (Lipinski definition) is 5. The molecule has 2 N–H and O–H groups in total. The maximum absolute atomic E-state index is 6.03. The smallest absolute Gasteiger partial charge is 0.202 e. The summed E-state index contributed by atoms with van der Waals surface area (Å²) in [7, 11) is 1.71. The van der Waals surface area contributed by atoms with Crippen LogP contribution in [0, 0.1) is 6.92 Å². The van der Waals surface area contributed by atoms with Crippen molar-refractivity contribution in [2.24, 2.45) is 0 Å². The molecule has 102 valence electrons. The quantitative estimate of drug-likeness (QED) is 0.897. The van der Waals surface area contributed by atoms with Crippen molar-refractivity contribution < 1.29 is 9.47 Å². The molecule has 6 heteroatoms. The lowest BCUT2D eigenvalue weighted by Gasteiger charge is -2.26. The molecule has 0 radical (unpaired) electrons. The molecule has 0 aromatic carbocycles. The fourth-order valence-electron chi connectivity index (χ4n) is 2.54. The Labute approximate surface area is 111 Å². The van der Waals surface area contributed by atoms with Crippen molar-refractivity contribution in [2.45, 2.75) is 25.5 Å². The van der Waals surface area contributed by atoms with E-state index in [9.17, 15) is 0 Å². The maximum atomic E-state index is 6.03. The Bertz CT molecular complexity index is 602. The van der Waals surface area contributed by atoms with Gasteiger partial charge < -0.3 is 15.2 Å². The third-order valence-electron chi connectivity index (χ3n) is 3.81. The molecule has 0 saturated carbocycles. The summed E-state index contributed by atoms with van der Waals surface area (Å²) < 4.78 is 13.0. The molecule has 1 atom stereocenters. The fourth-order valence-corrected chi connectivity index (χ4v) is 2.54. The van der Waals surface area contributed by atoms with Gasteiger partial charge in [0.1, 0.15) is 11.1 Å². The molecule has 6 nitrogen and oxygen atoms in total. The monoisotopic (exact) mass is 262 g/mol. The van der Waals surface area contributed by atoms with Gasteiger partial charge in [-0.25, -0.2) is 9.97 Å². The van der Waals surface area contributed by atoms with Crippen molar-refractivity contribution in [3.05, 3.63) is 17.8 Å². The third-order valence-corrected chi connectivity index (χ3v) is 3.81. The topological polar surface area (TPSA) is 75.2 Å². The number of rotatable bonds is 3. The number of imidazole rings is 1. The number of aromatic nitrogens is 3. The number of nitrogen functional groups attached to an aromatic ring is 1. The van der Waals surface area contributed by atoms with Gasteiger partial charge in [0.15, 0.2) is 5.65 Å². The van der Waals surface area contributed by atoms with Crippen LogP contribution >= 0.6 is 0 Å². The lowest BCUT2D eigenvalue weighted by atomic mass is 10.0. The number of methoxy groups -OCH3 is 1. The van der Waals surface area contributed by atoms with Crippen molar-refractivity contribution in [1.29, 1.82) is 0 Å². The Morgan fingerprint density at radius 2 is 2.42 bits per heavy atom. The Morgan fingerprint density at radius 1 is 1.58 bits per heavy atom. The van der Waals surface area contributed by atoms with E-state index in [1.807, 2.05) is 17.6 Å². The summed E-state index contributed by atoms with van der Waals surface area (Å²) in [5.74, 6) is 0.472. The molecule has 1 saturated heterocycles. The molecule has 2 aromatic heterocycles. The zero-order valence-corrected chi connectivity index (χ0v) is 11.2. The number of aryl methyl sites for hydroxylation is 1. The molecule has 1 aliphatic heterocycles. The third kappa shape index (κ3) is 1.97. The average Bonchev–Trinajstić information content (AvgIpc) is 2.99. The van der Waals surface area contributed by atoms with Crippen molar-refractivity contribution in [1.82, 2.24) is 14.5 Å². The number of nitrogens with zero attached hydrogens (tertiary/aromatic N) is 3. The van der Waals surface area contributed by atoms with E-state index < -0.39 is 0 Å². The van der Waals surface area contributed by atoms with E-state index in [-0.39, 0.29) is 5.60 Å². The highest BCUT2D eigenvalue weighted by Gasteiger charge is 2.36. The van der Waals surface area contributed by atoms with Crippen LogP contribution in [0.25, 0.3) is 11.2 Å². The minimum Gasteiger partial charge on any atom is -0.378 e. The van der Waals surface area contributed by atoms with Crippen LogP contribution in [0.2, 0.25) is 0 Å². The summed E-state index contributed by atoms with van der Waals surface area (Å²) in [6.07, 6.45) is 2.63. The molecule has 0 bridgehead atoms. The number of anilines is 1. The first-order valence-corrected chi connectivity index (χ1v) is 6.35. The summed E-state index contributed by atoms with van der Waals surface area (Å²) in [6.45, 7) is 3.91. The van der Waals surface area contributed by atoms with E-state index in [4.69, 9.17) is 15.2 Å². The number of pyridine rings is 1. The number of nitrogens with two attached hydrogens (primary N) is 1. The lowest BCUT2D eigenvalue weighted by Crippen LogP contribution is -2.37. The van der Waals surface area contributed by atoms with Gasteiger partial charge >= 0.3 is 0 Å². The van der Waals surface area contributed by atoms with Crippen LogP contribution in [0.4, 0.5) is 5.95 Å². The minimum atomic E-state index is -0.326. The standard InChI is InChI=1S/C13H18N4O2/c1-9-3-5-15-11-10(9)16-12(14)17(11)7-13(18-2)4-6-19-8-13/h3,5H,4,6-8H2,1-2H3,(H2,14,16). The Kier molecular flexibility index (Phi) is 2.91. The van der Waals surface area contributed by atoms with Gasteiger partial charge in [0.05, 0.1) is 13.2 Å². The SMILES string of the molecule is COC1(Cn2c(N)nc3c(C)ccnc32)CCOC1. The zero-order chi connectivity index (χ0) is 13.5. The molecular weight excluding hydrogens is 244 g/mol. The second-order valence-electron chi connectivity index (χ2n) is 5.05. The Hall–Kier alpha value is -1.66. The average molecular weight is 262 g/mol. The zero-order valence-electron chi connectivity index (χ0n) is 11.2. The highest BCUT2D eigenvalue weighted by Crippen LogP contribution is 2.28. The first kappa shape index (κ1) is 12.4. The maximum Gasteiger partial charge on any atom is 0.202 e. The van der Waals surface area contributed by atoms with Crippen LogP contribution < -0.4 is 5.73 Å². The Balaban J connectivity index is 2.05. The molecule has 1 fully saturated rings. The fraction of sp³-hybridized carbons (Fsp3) is 0.538. The predicted octanol–water partition coefficient (Wildman–Crippen LogP) is 1.13. The van der Waals surface area contributed by atoms with E-state index in [1.54, 1.807) is 13.3 Å². The van der Waals surface area contributed by atoms with E-state index in [2.05, 4.69) is 9.97 Å². The van der Waals surface area contributed by atoms with Crippen LogP contribution in [-0.4, -0.2) is 40.5 Å². The van der Waals surface area contributed by atoms with Crippen LogP contribution in [0.5, 0.6) is 0 Å². The molecular formula is C13H18N4O2.